The number of anilines is 2. The summed E-state index contributed by atoms with van der Waals surface area (Å²) in [5, 5.41) is 5.57. The summed E-state index contributed by atoms with van der Waals surface area (Å²) < 4.78 is 0. The third-order valence-electron chi connectivity index (χ3n) is 3.91. The summed E-state index contributed by atoms with van der Waals surface area (Å²) in [6.45, 7) is 2.40. The van der Waals surface area contributed by atoms with Crippen molar-refractivity contribution >= 4 is 17.4 Å². The van der Waals surface area contributed by atoms with Gasteiger partial charge in [0.25, 0.3) is 0 Å². The first-order chi connectivity index (χ1) is 10.1. The Hall–Kier alpha value is -1.66. The molecule has 1 aliphatic heterocycles. The Labute approximate surface area is 126 Å². The zero-order chi connectivity index (χ0) is 15.2. The highest BCUT2D eigenvalue weighted by atomic mass is 16.1. The van der Waals surface area contributed by atoms with Crippen LogP contribution in [0.1, 0.15) is 12.8 Å². The predicted octanol–water partition coefficient (Wildman–Crippen LogP) is 0.770. The third kappa shape index (κ3) is 4.41. The molecular weight excluding hydrogens is 266 g/mol. The second-order valence-electron chi connectivity index (χ2n) is 5.66. The minimum atomic E-state index is -0.0791. The fraction of sp³-hybridized carbons (Fsp3) is 0.600. The van der Waals surface area contributed by atoms with Crippen molar-refractivity contribution in [3.8, 4) is 0 Å². The summed E-state index contributed by atoms with van der Waals surface area (Å²) in [5.41, 5.74) is 1.12. The topological polar surface area (TPSA) is 60.5 Å². The number of hydrogen-bond acceptors (Lipinski definition) is 5. The number of piperidine rings is 1. The number of pyridine rings is 1. The van der Waals surface area contributed by atoms with Crippen LogP contribution in [0.2, 0.25) is 0 Å². The molecule has 6 nitrogen and oxygen atoms in total. The number of aromatic nitrogens is 1. The van der Waals surface area contributed by atoms with Gasteiger partial charge in [0.05, 0.1) is 18.4 Å². The molecular formula is C15H25N5O. The van der Waals surface area contributed by atoms with Crippen LogP contribution in [0, 0.1) is 0 Å². The predicted molar refractivity (Wildman–Crippen MR) is 85.7 cm³/mol. The van der Waals surface area contributed by atoms with Crippen molar-refractivity contribution in [1.82, 2.24) is 15.2 Å². The number of amides is 1. The monoisotopic (exact) mass is 291 g/mol. The molecule has 0 aromatic carbocycles. The molecule has 0 saturated carbocycles. The molecule has 1 aromatic heterocycles. The van der Waals surface area contributed by atoms with E-state index in [9.17, 15) is 4.79 Å². The van der Waals surface area contributed by atoms with Crippen LogP contribution in [0.15, 0.2) is 18.3 Å². The van der Waals surface area contributed by atoms with Crippen LogP contribution in [-0.2, 0) is 4.79 Å². The van der Waals surface area contributed by atoms with E-state index >= 15 is 0 Å². The van der Waals surface area contributed by atoms with E-state index in [2.05, 4.69) is 39.5 Å². The van der Waals surface area contributed by atoms with Gasteiger partial charge in [0, 0.05) is 19.1 Å². The van der Waals surface area contributed by atoms with Gasteiger partial charge in [-0.05, 0) is 46.1 Å². The Morgan fingerprint density at radius 3 is 2.62 bits per heavy atom. The van der Waals surface area contributed by atoms with Crippen LogP contribution < -0.4 is 15.5 Å². The molecule has 1 fully saturated rings. The van der Waals surface area contributed by atoms with Crippen LogP contribution in [0.25, 0.3) is 0 Å². The number of rotatable bonds is 5. The first-order valence-corrected chi connectivity index (χ1v) is 7.42. The molecule has 1 aliphatic rings. The largest absolute Gasteiger partial charge is 0.370 e. The first kappa shape index (κ1) is 15.7. The SMILES string of the molecule is CNCC(=O)Nc1ccc(N2CCC(N(C)C)CC2)cn1. The zero-order valence-corrected chi connectivity index (χ0v) is 13.1. The first-order valence-electron chi connectivity index (χ1n) is 7.42. The Kier molecular flexibility index (Phi) is 5.52. The summed E-state index contributed by atoms with van der Waals surface area (Å²) in [5.74, 6) is 0.520. The average Bonchev–Trinajstić information content (AvgIpc) is 2.48. The second kappa shape index (κ2) is 7.38. The summed E-state index contributed by atoms with van der Waals surface area (Å²) in [4.78, 5) is 20.4. The standard InChI is InChI=1S/C15H25N5O/c1-16-11-15(21)18-14-5-4-13(10-17-14)20-8-6-12(7-9-20)19(2)3/h4-5,10,12,16H,6-9,11H2,1-3H3,(H,17,18,21). The molecule has 0 bridgehead atoms. The van der Waals surface area contributed by atoms with Gasteiger partial charge in [-0.25, -0.2) is 4.98 Å². The lowest BCUT2D eigenvalue weighted by Crippen LogP contribution is -2.42. The third-order valence-corrected chi connectivity index (χ3v) is 3.91. The van der Waals surface area contributed by atoms with E-state index in [0.29, 0.717) is 18.4 Å². The fourth-order valence-corrected chi connectivity index (χ4v) is 2.64. The minimum absolute atomic E-state index is 0.0791. The van der Waals surface area contributed by atoms with E-state index in [1.54, 1.807) is 7.05 Å². The summed E-state index contributed by atoms with van der Waals surface area (Å²) in [6, 6.07) is 4.56. The molecule has 0 unspecified atom stereocenters. The maximum Gasteiger partial charge on any atom is 0.239 e. The molecule has 2 N–H and O–H groups in total. The number of nitrogens with one attached hydrogen (secondary N) is 2. The molecule has 21 heavy (non-hydrogen) atoms. The molecule has 2 rings (SSSR count). The van der Waals surface area contributed by atoms with Gasteiger partial charge in [-0.15, -0.1) is 0 Å². The van der Waals surface area contributed by atoms with Crippen LogP contribution in [0.3, 0.4) is 0 Å². The van der Waals surface area contributed by atoms with E-state index in [-0.39, 0.29) is 5.91 Å². The van der Waals surface area contributed by atoms with Crippen LogP contribution in [-0.4, -0.2) is 62.6 Å². The van der Waals surface area contributed by atoms with Gasteiger partial charge >= 0.3 is 0 Å². The molecule has 1 saturated heterocycles. The molecule has 0 atom stereocenters. The zero-order valence-electron chi connectivity index (χ0n) is 13.1. The Morgan fingerprint density at radius 1 is 1.38 bits per heavy atom. The lowest BCUT2D eigenvalue weighted by atomic mass is 10.0. The van der Waals surface area contributed by atoms with Crippen LogP contribution in [0.4, 0.5) is 11.5 Å². The smallest absolute Gasteiger partial charge is 0.239 e. The summed E-state index contributed by atoms with van der Waals surface area (Å²) >= 11 is 0. The van der Waals surface area contributed by atoms with Crippen molar-refractivity contribution in [2.75, 3.05) is 51.0 Å². The van der Waals surface area contributed by atoms with Crippen LogP contribution >= 0.6 is 0 Å². The molecule has 1 aromatic rings. The van der Waals surface area contributed by atoms with Crippen molar-refractivity contribution in [2.45, 2.75) is 18.9 Å². The van der Waals surface area contributed by atoms with Crippen molar-refractivity contribution < 1.29 is 4.79 Å². The Morgan fingerprint density at radius 2 is 2.10 bits per heavy atom. The lowest BCUT2D eigenvalue weighted by Gasteiger charge is -2.36. The maximum absolute atomic E-state index is 11.5. The van der Waals surface area contributed by atoms with E-state index < -0.39 is 0 Å². The number of hydrogen-bond donors (Lipinski definition) is 2. The lowest BCUT2D eigenvalue weighted by molar-refractivity contribution is -0.115. The van der Waals surface area contributed by atoms with Gasteiger partial charge in [0.15, 0.2) is 0 Å². The van der Waals surface area contributed by atoms with E-state index in [1.165, 1.54) is 12.8 Å². The normalized spacial score (nSPS) is 16.3. The quantitative estimate of drug-likeness (QED) is 0.839. The second-order valence-corrected chi connectivity index (χ2v) is 5.66. The van der Waals surface area contributed by atoms with Crippen molar-refractivity contribution in [2.24, 2.45) is 0 Å². The maximum atomic E-state index is 11.5. The fourth-order valence-electron chi connectivity index (χ4n) is 2.64. The highest BCUT2D eigenvalue weighted by molar-refractivity contribution is 5.91. The average molecular weight is 291 g/mol. The van der Waals surface area contributed by atoms with Gasteiger partial charge in [-0.1, -0.05) is 0 Å². The number of carbonyl (C=O) groups is 1. The van der Waals surface area contributed by atoms with Gasteiger partial charge < -0.3 is 20.4 Å². The van der Waals surface area contributed by atoms with Gasteiger partial charge in [0.2, 0.25) is 5.91 Å². The van der Waals surface area contributed by atoms with Gasteiger partial charge in [-0.3, -0.25) is 4.79 Å². The number of likely N-dealkylation sites (N-methyl/N-ethyl adjacent to an activating group) is 1. The Bertz CT molecular complexity index is 452. The molecule has 6 heteroatoms. The molecule has 116 valence electrons. The van der Waals surface area contributed by atoms with E-state index in [4.69, 9.17) is 0 Å². The number of carbonyl (C=O) groups excluding carboxylic acids is 1. The molecule has 2 heterocycles. The summed E-state index contributed by atoms with van der Waals surface area (Å²) in [7, 11) is 6.03. The van der Waals surface area contributed by atoms with Crippen molar-refractivity contribution in [1.29, 1.82) is 0 Å². The van der Waals surface area contributed by atoms with E-state index in [0.717, 1.165) is 18.8 Å². The highest BCUT2D eigenvalue weighted by Gasteiger charge is 2.20. The summed E-state index contributed by atoms with van der Waals surface area (Å²) in [6.07, 6.45) is 4.19. The van der Waals surface area contributed by atoms with Crippen molar-refractivity contribution in [3.63, 3.8) is 0 Å². The van der Waals surface area contributed by atoms with Crippen molar-refractivity contribution in [3.05, 3.63) is 18.3 Å². The molecule has 1 amide bonds. The molecule has 0 spiro atoms. The van der Waals surface area contributed by atoms with Gasteiger partial charge in [0.1, 0.15) is 5.82 Å². The highest BCUT2D eigenvalue weighted by Crippen LogP contribution is 2.21. The van der Waals surface area contributed by atoms with Gasteiger partial charge in [-0.2, -0.15) is 0 Å². The Balaban J connectivity index is 1.89. The number of nitrogens with zero attached hydrogens (tertiary/aromatic N) is 3. The van der Waals surface area contributed by atoms with Crippen LogP contribution in [0.5, 0.6) is 0 Å². The van der Waals surface area contributed by atoms with E-state index in [1.807, 2.05) is 18.3 Å². The minimum Gasteiger partial charge on any atom is -0.370 e. The molecule has 0 aliphatic carbocycles. The molecule has 0 radical (unpaired) electrons.